The van der Waals surface area contributed by atoms with Crippen molar-refractivity contribution in [2.75, 3.05) is 32.6 Å². The Labute approximate surface area is 118 Å². The van der Waals surface area contributed by atoms with E-state index in [-0.39, 0.29) is 0 Å². The molecule has 0 unspecified atom stereocenters. The number of rotatable bonds is 8. The van der Waals surface area contributed by atoms with E-state index < -0.39 is 7.60 Å². The molecule has 1 fully saturated rings. The van der Waals surface area contributed by atoms with Gasteiger partial charge in [-0.3, -0.25) is 9.46 Å². The molecule has 0 amide bonds. The van der Waals surface area contributed by atoms with Gasteiger partial charge in [0.05, 0.1) is 13.2 Å². The molecule has 19 heavy (non-hydrogen) atoms. The maximum Gasteiger partial charge on any atom is 0.344 e. The summed E-state index contributed by atoms with van der Waals surface area (Å²) in [5.74, 6) is 0.745. The van der Waals surface area contributed by atoms with Crippen molar-refractivity contribution in [2.24, 2.45) is 11.8 Å². The predicted octanol–water partition coefficient (Wildman–Crippen LogP) is 3.97. The average molecular weight is 291 g/mol. The van der Waals surface area contributed by atoms with Gasteiger partial charge in [0, 0.05) is 0 Å². The second-order valence-electron chi connectivity index (χ2n) is 6.31. The third-order valence-corrected chi connectivity index (χ3v) is 4.86. The van der Waals surface area contributed by atoms with E-state index in [2.05, 4.69) is 32.6 Å². The topological polar surface area (TPSA) is 38.8 Å². The van der Waals surface area contributed by atoms with Crippen LogP contribution in [0, 0.1) is 11.8 Å². The fourth-order valence-electron chi connectivity index (χ4n) is 1.99. The van der Waals surface area contributed by atoms with Gasteiger partial charge in [0.2, 0.25) is 0 Å². The molecule has 1 aliphatic rings. The number of hydrogen-bond acceptors (Lipinski definition) is 4. The summed E-state index contributed by atoms with van der Waals surface area (Å²) in [4.78, 5) is 2.23. The largest absolute Gasteiger partial charge is 0.344 e. The summed E-state index contributed by atoms with van der Waals surface area (Å²) in [5, 5.41) is 0. The van der Waals surface area contributed by atoms with Crippen molar-refractivity contribution in [3.05, 3.63) is 0 Å². The number of piperidine rings is 1. The van der Waals surface area contributed by atoms with Crippen molar-refractivity contribution in [3.8, 4) is 0 Å². The molecule has 0 radical (unpaired) electrons. The number of likely N-dealkylation sites (tertiary alicyclic amines) is 1. The summed E-state index contributed by atoms with van der Waals surface area (Å²) in [6.45, 7) is 11.3. The normalized spacial score (nSPS) is 18.4. The summed E-state index contributed by atoms with van der Waals surface area (Å²) in [6.07, 6.45) is 4.11. The first-order valence-electron chi connectivity index (χ1n) is 7.52. The van der Waals surface area contributed by atoms with E-state index in [1.807, 2.05) is 0 Å². The van der Waals surface area contributed by atoms with Crippen LogP contribution in [0.5, 0.6) is 0 Å². The first-order chi connectivity index (χ1) is 8.91. The highest BCUT2D eigenvalue weighted by molar-refractivity contribution is 7.53. The van der Waals surface area contributed by atoms with Gasteiger partial charge in [-0.2, -0.15) is 0 Å². The molecule has 0 aromatic carbocycles. The van der Waals surface area contributed by atoms with Crippen molar-refractivity contribution in [1.82, 2.24) is 4.90 Å². The van der Waals surface area contributed by atoms with E-state index in [1.54, 1.807) is 0 Å². The molecule has 0 atom stereocenters. The van der Waals surface area contributed by atoms with E-state index in [0.717, 1.165) is 13.1 Å². The smallest absolute Gasteiger partial charge is 0.307 e. The Morgan fingerprint density at radius 2 is 1.42 bits per heavy atom. The molecule has 1 rings (SSSR count). The molecule has 0 aromatic rings. The van der Waals surface area contributed by atoms with Gasteiger partial charge in [-0.1, -0.05) is 34.1 Å². The molecule has 1 aliphatic heterocycles. The van der Waals surface area contributed by atoms with Crippen LogP contribution in [0.15, 0.2) is 0 Å². The second kappa shape index (κ2) is 8.41. The fraction of sp³-hybridized carbons (Fsp3) is 1.00. The molecule has 4 nitrogen and oxygen atoms in total. The van der Waals surface area contributed by atoms with Crippen LogP contribution in [0.4, 0.5) is 0 Å². The van der Waals surface area contributed by atoms with Crippen molar-refractivity contribution in [2.45, 2.75) is 47.0 Å². The molecular weight excluding hydrogens is 261 g/mol. The Morgan fingerprint density at radius 1 is 0.947 bits per heavy atom. The first-order valence-corrected chi connectivity index (χ1v) is 9.24. The van der Waals surface area contributed by atoms with E-state index in [1.165, 1.54) is 19.3 Å². The summed E-state index contributed by atoms with van der Waals surface area (Å²) in [6, 6.07) is 0. The van der Waals surface area contributed by atoms with Gasteiger partial charge in [0.25, 0.3) is 0 Å². The molecule has 1 saturated heterocycles. The van der Waals surface area contributed by atoms with Gasteiger partial charge in [-0.15, -0.1) is 0 Å². The van der Waals surface area contributed by atoms with Crippen molar-refractivity contribution >= 4 is 7.60 Å². The zero-order valence-electron chi connectivity index (χ0n) is 12.9. The lowest BCUT2D eigenvalue weighted by Gasteiger charge is -2.30. The second-order valence-corrected chi connectivity index (χ2v) is 8.33. The minimum absolute atomic E-state index is 0.373. The van der Waals surface area contributed by atoms with Crippen LogP contribution in [0.3, 0.4) is 0 Å². The van der Waals surface area contributed by atoms with Crippen LogP contribution in [0.25, 0.3) is 0 Å². The first kappa shape index (κ1) is 17.2. The summed E-state index contributed by atoms with van der Waals surface area (Å²) < 4.78 is 24.1. The van der Waals surface area contributed by atoms with Crippen molar-refractivity contribution < 1.29 is 13.6 Å². The molecule has 0 aliphatic carbocycles. The van der Waals surface area contributed by atoms with Crippen LogP contribution < -0.4 is 0 Å². The van der Waals surface area contributed by atoms with Crippen LogP contribution in [-0.4, -0.2) is 37.5 Å². The standard InChI is InChI=1S/C14H30NO3P/c1-13(2)10-17-19(16,18-11-14(3)4)12-15-8-6-5-7-9-15/h13-14H,5-12H2,1-4H3. The van der Waals surface area contributed by atoms with Gasteiger partial charge in [0.15, 0.2) is 0 Å². The van der Waals surface area contributed by atoms with Crippen molar-refractivity contribution in [3.63, 3.8) is 0 Å². The quantitative estimate of drug-likeness (QED) is 0.634. The van der Waals surface area contributed by atoms with Gasteiger partial charge in [-0.05, 0) is 37.8 Å². The van der Waals surface area contributed by atoms with Crippen molar-refractivity contribution in [1.29, 1.82) is 0 Å². The van der Waals surface area contributed by atoms with E-state index in [9.17, 15) is 4.57 Å². The predicted molar refractivity (Wildman–Crippen MR) is 79.5 cm³/mol. The summed E-state index contributed by atoms with van der Waals surface area (Å²) in [7, 11) is -2.97. The lowest BCUT2D eigenvalue weighted by molar-refractivity contribution is 0.153. The van der Waals surface area contributed by atoms with E-state index >= 15 is 0 Å². The average Bonchev–Trinajstić information content (AvgIpc) is 2.36. The SMILES string of the molecule is CC(C)COP(=O)(CN1CCCCC1)OCC(C)C. The Balaban J connectivity index is 2.53. The van der Waals surface area contributed by atoms with Gasteiger partial charge >= 0.3 is 7.60 Å². The van der Waals surface area contributed by atoms with Gasteiger partial charge in [-0.25, -0.2) is 0 Å². The highest BCUT2D eigenvalue weighted by atomic mass is 31.2. The molecular formula is C14H30NO3P. The number of nitrogens with zero attached hydrogens (tertiary/aromatic N) is 1. The monoisotopic (exact) mass is 291 g/mol. The number of hydrogen-bond donors (Lipinski definition) is 0. The van der Waals surface area contributed by atoms with Gasteiger partial charge < -0.3 is 9.05 Å². The van der Waals surface area contributed by atoms with Crippen LogP contribution in [0.1, 0.15) is 47.0 Å². The molecule has 114 valence electrons. The van der Waals surface area contributed by atoms with Crippen LogP contribution in [-0.2, 0) is 13.6 Å². The highest BCUT2D eigenvalue weighted by Gasteiger charge is 2.29. The Morgan fingerprint density at radius 3 is 1.84 bits per heavy atom. The summed E-state index contributed by atoms with van der Waals surface area (Å²) in [5.41, 5.74) is 0. The molecule has 1 heterocycles. The summed E-state index contributed by atoms with van der Waals surface area (Å²) >= 11 is 0. The van der Waals surface area contributed by atoms with E-state index in [4.69, 9.17) is 9.05 Å². The van der Waals surface area contributed by atoms with Crippen LogP contribution >= 0.6 is 7.60 Å². The molecule has 0 saturated carbocycles. The van der Waals surface area contributed by atoms with E-state index in [0.29, 0.717) is 31.3 Å². The van der Waals surface area contributed by atoms with Gasteiger partial charge in [0.1, 0.15) is 6.29 Å². The Bertz CT molecular complexity index is 272. The molecule has 0 N–H and O–H groups in total. The third kappa shape index (κ3) is 7.45. The molecule has 5 heteroatoms. The zero-order valence-corrected chi connectivity index (χ0v) is 13.8. The lowest BCUT2D eigenvalue weighted by atomic mass is 10.1. The lowest BCUT2D eigenvalue weighted by Crippen LogP contribution is -2.31. The maximum atomic E-state index is 12.8. The Kier molecular flexibility index (Phi) is 7.60. The third-order valence-electron chi connectivity index (χ3n) is 3.03. The zero-order chi connectivity index (χ0) is 14.3. The molecule has 0 aromatic heterocycles. The minimum atomic E-state index is -2.97. The van der Waals surface area contributed by atoms with Crippen LogP contribution in [0.2, 0.25) is 0 Å². The maximum absolute atomic E-state index is 12.8. The fourth-order valence-corrected chi connectivity index (χ4v) is 4.05. The molecule has 0 spiro atoms. The minimum Gasteiger partial charge on any atom is -0.307 e. The highest BCUT2D eigenvalue weighted by Crippen LogP contribution is 2.49. The molecule has 0 bridgehead atoms. The Hall–Kier alpha value is 0.110.